The van der Waals surface area contributed by atoms with Gasteiger partial charge in [0.05, 0.1) is 17.0 Å². The second-order valence-electron chi connectivity index (χ2n) is 6.57. The highest BCUT2D eigenvalue weighted by atomic mass is 16.6. The second kappa shape index (κ2) is 7.66. The van der Waals surface area contributed by atoms with E-state index in [4.69, 9.17) is 5.73 Å². The number of carboxylic acid groups (broad SMARTS) is 1. The Morgan fingerprint density at radius 1 is 1.20 bits per heavy atom. The average molecular weight is 405 g/mol. The molecule has 0 atom stereocenters. The smallest absolute Gasteiger partial charge is 0.244 e. The summed E-state index contributed by atoms with van der Waals surface area (Å²) in [4.78, 5) is 28.5. The lowest BCUT2D eigenvalue weighted by Crippen LogP contribution is -2.24. The van der Waals surface area contributed by atoms with Gasteiger partial charge in [0, 0.05) is 11.3 Å². The number of nitrogen functional groups attached to an aromatic ring is 1. The normalized spacial score (nSPS) is 11.0. The summed E-state index contributed by atoms with van der Waals surface area (Å²) in [6.45, 7) is 1.75. The number of aromatic carboxylic acids is 1. The summed E-state index contributed by atoms with van der Waals surface area (Å²) in [5.74, 6) is -1.17. The van der Waals surface area contributed by atoms with Crippen molar-refractivity contribution in [2.24, 2.45) is 0 Å². The van der Waals surface area contributed by atoms with Gasteiger partial charge in [0.15, 0.2) is 17.3 Å². The Hall–Kier alpha value is -4.21. The van der Waals surface area contributed by atoms with Crippen molar-refractivity contribution in [3.8, 4) is 11.5 Å². The number of nitrogens with one attached hydrogen (secondary N) is 1. The lowest BCUT2D eigenvalue weighted by atomic mass is 10.0. The number of nitrogens with two attached hydrogens (primary N) is 1. The first kappa shape index (κ1) is 19.1. The molecule has 0 unspecified atom stereocenters. The van der Waals surface area contributed by atoms with Crippen LogP contribution in [0.3, 0.4) is 0 Å². The summed E-state index contributed by atoms with van der Waals surface area (Å²) >= 11 is 0. The number of aromatic nitrogens is 4. The number of rotatable bonds is 6. The third-order valence-electron chi connectivity index (χ3n) is 4.67. The first-order valence-electron chi connectivity index (χ1n) is 9.15. The van der Waals surface area contributed by atoms with E-state index < -0.39 is 5.97 Å². The van der Waals surface area contributed by atoms with E-state index in [0.29, 0.717) is 34.5 Å². The lowest BCUT2D eigenvalue weighted by molar-refractivity contribution is -0.255. The molecule has 0 saturated carbocycles. The number of hydrogen-bond donors (Lipinski definition) is 2. The zero-order valence-electron chi connectivity index (χ0n) is 16.0. The minimum atomic E-state index is -1.25. The number of aryl methyl sites for hydroxylation is 1. The fourth-order valence-corrected chi connectivity index (χ4v) is 3.27. The van der Waals surface area contributed by atoms with Gasteiger partial charge in [-0.1, -0.05) is 25.1 Å². The monoisotopic (exact) mass is 405 g/mol. The molecule has 4 aromatic rings. The van der Waals surface area contributed by atoms with Crippen LogP contribution >= 0.6 is 0 Å². The Labute approximate surface area is 170 Å². The van der Waals surface area contributed by atoms with E-state index in [-0.39, 0.29) is 29.5 Å². The summed E-state index contributed by atoms with van der Waals surface area (Å²) in [5.41, 5.74) is 8.59. The minimum Gasteiger partial charge on any atom is -0.545 e. The molecule has 0 aliphatic heterocycles. The zero-order chi connectivity index (χ0) is 21.3. The number of carbonyl (C=O) groups is 2. The second-order valence-corrected chi connectivity index (χ2v) is 6.57. The van der Waals surface area contributed by atoms with Crippen LogP contribution in [0, 0.1) is 0 Å². The number of para-hydroxylation sites is 2. The molecule has 3 N–H and O–H groups in total. The van der Waals surface area contributed by atoms with Crippen LogP contribution in [-0.2, 0) is 17.8 Å². The largest absolute Gasteiger partial charge is 0.545 e. The predicted octanol–water partition coefficient (Wildman–Crippen LogP) is 1.23. The molecule has 2 aromatic carbocycles. The van der Waals surface area contributed by atoms with Gasteiger partial charge in [0.1, 0.15) is 6.54 Å². The molecule has 10 heteroatoms. The highest BCUT2D eigenvalue weighted by Crippen LogP contribution is 2.26. The van der Waals surface area contributed by atoms with Gasteiger partial charge in [-0.3, -0.25) is 4.79 Å². The molecule has 0 saturated heterocycles. The van der Waals surface area contributed by atoms with Crippen molar-refractivity contribution in [1.29, 1.82) is 0 Å². The number of carbonyl (C=O) groups excluding carboxylic acids is 2. The summed E-state index contributed by atoms with van der Waals surface area (Å²) in [6, 6.07) is 11.9. The highest BCUT2D eigenvalue weighted by Gasteiger charge is 2.20. The molecule has 4 rings (SSSR count). The number of benzene rings is 2. The quantitative estimate of drug-likeness (QED) is 0.486. The van der Waals surface area contributed by atoms with Gasteiger partial charge in [-0.25, -0.2) is 9.61 Å². The fraction of sp³-hybridized carbons (Fsp3) is 0.150. The Morgan fingerprint density at radius 3 is 2.70 bits per heavy atom. The number of nitrogens with zero attached hydrogens (tertiary/aromatic N) is 4. The van der Waals surface area contributed by atoms with Crippen LogP contribution in [0.25, 0.3) is 22.6 Å². The van der Waals surface area contributed by atoms with Gasteiger partial charge in [0.25, 0.3) is 0 Å². The van der Waals surface area contributed by atoms with Crippen LogP contribution in [0.2, 0.25) is 0 Å². The molecule has 0 radical (unpaired) electrons. The maximum Gasteiger partial charge on any atom is 0.244 e. The van der Waals surface area contributed by atoms with Crippen LogP contribution in [0.5, 0.6) is 0 Å². The number of imidazole rings is 1. The maximum atomic E-state index is 12.8. The lowest BCUT2D eigenvalue weighted by Gasteiger charge is -2.13. The number of anilines is 2. The Bertz CT molecular complexity index is 1260. The van der Waals surface area contributed by atoms with E-state index in [2.05, 4.69) is 25.2 Å². The molecule has 2 aromatic heterocycles. The van der Waals surface area contributed by atoms with Crippen molar-refractivity contribution >= 4 is 34.4 Å². The van der Waals surface area contributed by atoms with Crippen molar-refractivity contribution < 1.29 is 19.3 Å². The maximum absolute atomic E-state index is 12.8. The number of fused-ring (bicyclic) bond motifs is 1. The molecule has 152 valence electrons. The summed E-state index contributed by atoms with van der Waals surface area (Å²) in [7, 11) is 0. The molecule has 10 nitrogen and oxygen atoms in total. The molecule has 0 aliphatic carbocycles. The summed E-state index contributed by atoms with van der Waals surface area (Å²) < 4.78 is 6.34. The highest BCUT2D eigenvalue weighted by molar-refractivity contribution is 5.94. The molecule has 0 aliphatic rings. The molecule has 0 spiro atoms. The number of amides is 1. The fourth-order valence-electron chi connectivity index (χ4n) is 3.27. The van der Waals surface area contributed by atoms with Crippen LogP contribution in [-0.4, -0.2) is 31.7 Å². The molecular formula is C20H17N6O4-. The Morgan fingerprint density at radius 2 is 2.00 bits per heavy atom. The average Bonchev–Trinajstić information content (AvgIpc) is 3.31. The van der Waals surface area contributed by atoms with Gasteiger partial charge in [0.2, 0.25) is 5.91 Å². The molecule has 2 heterocycles. The van der Waals surface area contributed by atoms with Gasteiger partial charge in [-0.05, 0) is 46.6 Å². The van der Waals surface area contributed by atoms with Crippen molar-refractivity contribution in [3.05, 3.63) is 53.6 Å². The van der Waals surface area contributed by atoms with Crippen LogP contribution < -0.4 is 16.2 Å². The topological polar surface area (TPSA) is 152 Å². The van der Waals surface area contributed by atoms with Gasteiger partial charge in [-0.2, -0.15) is 0 Å². The van der Waals surface area contributed by atoms with E-state index in [9.17, 15) is 14.7 Å². The SMILES string of the molecule is CCc1cc(NC(=O)Cn2c(-c3nonc3N)nc3ccccc32)ccc1C(=O)[O-]. The molecular weight excluding hydrogens is 388 g/mol. The Balaban J connectivity index is 1.65. The van der Waals surface area contributed by atoms with Crippen molar-refractivity contribution in [3.63, 3.8) is 0 Å². The third-order valence-corrected chi connectivity index (χ3v) is 4.67. The van der Waals surface area contributed by atoms with E-state index in [1.165, 1.54) is 12.1 Å². The zero-order valence-corrected chi connectivity index (χ0v) is 16.0. The summed E-state index contributed by atoms with van der Waals surface area (Å²) in [5, 5.41) is 21.3. The van der Waals surface area contributed by atoms with Gasteiger partial charge < -0.3 is 25.5 Å². The van der Waals surface area contributed by atoms with E-state index in [1.807, 2.05) is 31.2 Å². The van der Waals surface area contributed by atoms with Crippen molar-refractivity contribution in [1.82, 2.24) is 19.9 Å². The number of carboxylic acids is 1. The molecule has 30 heavy (non-hydrogen) atoms. The first-order chi connectivity index (χ1) is 14.5. The Kier molecular flexibility index (Phi) is 4.88. The van der Waals surface area contributed by atoms with E-state index in [0.717, 1.165) is 0 Å². The summed E-state index contributed by atoms with van der Waals surface area (Å²) in [6.07, 6.45) is 0.488. The first-order valence-corrected chi connectivity index (χ1v) is 9.15. The molecule has 0 fully saturated rings. The van der Waals surface area contributed by atoms with E-state index in [1.54, 1.807) is 10.6 Å². The molecule has 0 bridgehead atoms. The predicted molar refractivity (Wildman–Crippen MR) is 106 cm³/mol. The molecule has 1 amide bonds. The third kappa shape index (κ3) is 3.46. The van der Waals surface area contributed by atoms with Crippen molar-refractivity contribution in [2.75, 3.05) is 11.1 Å². The van der Waals surface area contributed by atoms with Crippen LogP contribution in [0.15, 0.2) is 47.1 Å². The standard InChI is InChI=1S/C20H18N6O4/c1-2-11-9-12(7-8-13(11)20(28)29)22-16(27)10-26-15-6-4-3-5-14(15)23-19(26)17-18(21)25-30-24-17/h3-9H,2,10H2,1H3,(H2,21,25)(H,22,27)(H,28,29)/p-1. The number of hydrogen-bond acceptors (Lipinski definition) is 8. The van der Waals surface area contributed by atoms with Gasteiger partial charge >= 0.3 is 0 Å². The minimum absolute atomic E-state index is 0.0671. The van der Waals surface area contributed by atoms with Gasteiger partial charge in [-0.15, -0.1) is 0 Å². The van der Waals surface area contributed by atoms with Crippen LogP contribution in [0.4, 0.5) is 11.5 Å². The van der Waals surface area contributed by atoms with Crippen molar-refractivity contribution in [2.45, 2.75) is 19.9 Å². The van der Waals surface area contributed by atoms with E-state index >= 15 is 0 Å². The van der Waals surface area contributed by atoms with Crippen LogP contribution in [0.1, 0.15) is 22.8 Å².